The van der Waals surface area contributed by atoms with Gasteiger partial charge in [0.05, 0.1) is 12.6 Å². The average Bonchev–Trinajstić information content (AvgIpc) is 3.18. The molecule has 0 bridgehead atoms. The van der Waals surface area contributed by atoms with Crippen LogP contribution < -0.4 is 0 Å². The fourth-order valence-corrected chi connectivity index (χ4v) is 3.85. The van der Waals surface area contributed by atoms with Crippen molar-refractivity contribution in [2.45, 2.75) is 44.4 Å². The van der Waals surface area contributed by atoms with E-state index in [9.17, 15) is 19.8 Å². The number of cyclic esters (lactones) is 1. The molecule has 0 aromatic carbocycles. The third kappa shape index (κ3) is 3.12. The second-order valence-electron chi connectivity index (χ2n) is 7.03. The Hall–Kier alpha value is -1.70. The van der Waals surface area contributed by atoms with Gasteiger partial charge >= 0.3 is 11.9 Å². The van der Waals surface area contributed by atoms with Gasteiger partial charge in [-0.3, -0.25) is 4.90 Å². The summed E-state index contributed by atoms with van der Waals surface area (Å²) in [7, 11) is 0. The number of carbonyl (C=O) groups excluding carboxylic acids is 2. The Morgan fingerprint density at radius 2 is 2.20 bits per heavy atom. The molecule has 3 aliphatic rings. The van der Waals surface area contributed by atoms with Crippen molar-refractivity contribution in [1.29, 1.82) is 0 Å². The first-order chi connectivity index (χ1) is 11.9. The predicted molar refractivity (Wildman–Crippen MR) is 88.5 cm³/mol. The van der Waals surface area contributed by atoms with Crippen molar-refractivity contribution in [1.82, 2.24) is 4.90 Å². The molecule has 0 amide bonds. The van der Waals surface area contributed by atoms with Crippen LogP contribution in [-0.2, 0) is 19.1 Å². The van der Waals surface area contributed by atoms with E-state index in [-0.39, 0.29) is 25.2 Å². The van der Waals surface area contributed by atoms with Gasteiger partial charge < -0.3 is 19.7 Å². The fourth-order valence-electron chi connectivity index (χ4n) is 3.85. The Kier molecular flexibility index (Phi) is 4.99. The molecule has 2 saturated heterocycles. The Balaban J connectivity index is 1.93. The molecule has 2 N–H and O–H groups in total. The van der Waals surface area contributed by atoms with E-state index >= 15 is 0 Å². The normalized spacial score (nSPS) is 38.5. The zero-order valence-electron chi connectivity index (χ0n) is 14.6. The minimum Gasteiger partial charge on any atom is -0.459 e. The van der Waals surface area contributed by atoms with Gasteiger partial charge in [0.2, 0.25) is 0 Å². The van der Waals surface area contributed by atoms with Gasteiger partial charge in [0.15, 0.2) is 5.60 Å². The Bertz CT molecular complexity index is 627. The fraction of sp³-hybridized carbons (Fsp3) is 0.667. The number of ether oxygens (including phenoxy) is 2. The summed E-state index contributed by atoms with van der Waals surface area (Å²) in [5.74, 6) is -1.99. The van der Waals surface area contributed by atoms with E-state index in [1.807, 2.05) is 6.08 Å². The molecule has 4 atom stereocenters. The summed E-state index contributed by atoms with van der Waals surface area (Å²) < 4.78 is 11.1. The van der Waals surface area contributed by atoms with Gasteiger partial charge in [-0.25, -0.2) is 9.59 Å². The molecule has 0 aromatic rings. The summed E-state index contributed by atoms with van der Waals surface area (Å²) in [6.45, 7) is 4.12. The zero-order chi connectivity index (χ0) is 18.2. The molecule has 138 valence electrons. The topological polar surface area (TPSA) is 96.3 Å². The molecule has 25 heavy (non-hydrogen) atoms. The van der Waals surface area contributed by atoms with E-state index in [4.69, 9.17) is 9.47 Å². The van der Waals surface area contributed by atoms with Crippen molar-refractivity contribution in [3.8, 4) is 0 Å². The first kappa shape index (κ1) is 18.1. The molecular formula is C18H25NO6. The molecular weight excluding hydrogens is 326 g/mol. The van der Waals surface area contributed by atoms with Crippen LogP contribution in [0.1, 0.15) is 26.7 Å². The maximum Gasteiger partial charge on any atom is 0.341 e. The third-order valence-electron chi connectivity index (χ3n) is 5.59. The maximum atomic E-state index is 12.6. The van der Waals surface area contributed by atoms with Crippen LogP contribution in [0, 0.1) is 5.92 Å². The van der Waals surface area contributed by atoms with Gasteiger partial charge in [0.1, 0.15) is 12.7 Å². The number of aliphatic hydroxyl groups excluding tert-OH is 1. The van der Waals surface area contributed by atoms with Crippen molar-refractivity contribution in [3.05, 3.63) is 23.3 Å². The summed E-state index contributed by atoms with van der Waals surface area (Å²) in [6.07, 6.45) is 4.20. The van der Waals surface area contributed by atoms with Crippen LogP contribution in [0.4, 0.5) is 0 Å². The molecule has 0 unspecified atom stereocenters. The van der Waals surface area contributed by atoms with Gasteiger partial charge in [-0.15, -0.1) is 0 Å². The molecule has 3 aliphatic heterocycles. The van der Waals surface area contributed by atoms with Crippen LogP contribution in [0.2, 0.25) is 0 Å². The van der Waals surface area contributed by atoms with Gasteiger partial charge in [-0.1, -0.05) is 19.1 Å². The SMILES string of the molecule is C/C=C1/C[C@H](C)[C@@](O)(CO)C(=O)OCC2=CCN3CC[C@@H](OC1=O)[C@H]23. The minimum atomic E-state index is -2.05. The highest BCUT2D eigenvalue weighted by Crippen LogP contribution is 2.34. The van der Waals surface area contributed by atoms with Gasteiger partial charge in [-0.2, -0.15) is 0 Å². The van der Waals surface area contributed by atoms with E-state index in [1.54, 1.807) is 19.9 Å². The zero-order valence-corrected chi connectivity index (χ0v) is 14.6. The third-order valence-corrected chi connectivity index (χ3v) is 5.59. The quantitative estimate of drug-likeness (QED) is 0.395. The lowest BCUT2D eigenvalue weighted by Gasteiger charge is -2.32. The van der Waals surface area contributed by atoms with E-state index in [0.29, 0.717) is 5.57 Å². The summed E-state index contributed by atoms with van der Waals surface area (Å²) in [6, 6.07) is -0.0890. The Morgan fingerprint density at radius 3 is 2.88 bits per heavy atom. The van der Waals surface area contributed by atoms with Crippen LogP contribution in [-0.4, -0.2) is 71.1 Å². The van der Waals surface area contributed by atoms with Crippen molar-refractivity contribution in [2.75, 3.05) is 26.3 Å². The highest BCUT2D eigenvalue weighted by atomic mass is 16.6. The number of allylic oxidation sites excluding steroid dienone is 1. The summed E-state index contributed by atoms with van der Waals surface area (Å²) >= 11 is 0. The lowest BCUT2D eigenvalue weighted by atomic mass is 9.84. The molecule has 0 radical (unpaired) electrons. The largest absolute Gasteiger partial charge is 0.459 e. The summed E-state index contributed by atoms with van der Waals surface area (Å²) in [5.41, 5.74) is -0.796. The molecule has 3 rings (SSSR count). The van der Waals surface area contributed by atoms with Crippen LogP contribution in [0.25, 0.3) is 0 Å². The van der Waals surface area contributed by atoms with Crippen molar-refractivity contribution >= 4 is 11.9 Å². The predicted octanol–water partition coefficient (Wildman–Crippen LogP) is 0.165. The lowest BCUT2D eigenvalue weighted by molar-refractivity contribution is -0.176. The Labute approximate surface area is 146 Å². The number of carbonyl (C=O) groups is 2. The molecule has 7 nitrogen and oxygen atoms in total. The standard InChI is InChI=1S/C18H25NO6/c1-3-12-8-11(2)18(23,10-20)17(22)24-9-13-4-6-19-7-5-14(15(13)19)25-16(12)21/h3-4,11,14-15,20,23H,5-10H2,1-2H3/b12-3-/t11-,14+,15-,18-/m0/s1. The molecule has 0 aromatic heterocycles. The summed E-state index contributed by atoms with van der Waals surface area (Å²) in [5, 5.41) is 20.2. The van der Waals surface area contributed by atoms with Gasteiger partial charge in [-0.05, 0) is 25.3 Å². The van der Waals surface area contributed by atoms with Crippen LogP contribution in [0.5, 0.6) is 0 Å². The first-order valence-electron chi connectivity index (χ1n) is 8.70. The van der Waals surface area contributed by atoms with Gasteiger partial charge in [0.25, 0.3) is 0 Å². The number of nitrogens with zero attached hydrogens (tertiary/aromatic N) is 1. The number of aliphatic hydroxyl groups is 2. The van der Waals surface area contributed by atoms with Crippen LogP contribution in [0.15, 0.2) is 23.3 Å². The van der Waals surface area contributed by atoms with E-state index in [0.717, 1.165) is 25.1 Å². The maximum absolute atomic E-state index is 12.6. The van der Waals surface area contributed by atoms with E-state index < -0.39 is 30.1 Å². The smallest absolute Gasteiger partial charge is 0.341 e. The number of rotatable bonds is 1. The molecule has 2 fully saturated rings. The second kappa shape index (κ2) is 6.90. The Morgan fingerprint density at radius 1 is 1.44 bits per heavy atom. The van der Waals surface area contributed by atoms with Crippen molar-refractivity contribution < 1.29 is 29.3 Å². The van der Waals surface area contributed by atoms with Crippen LogP contribution >= 0.6 is 0 Å². The van der Waals surface area contributed by atoms with Crippen molar-refractivity contribution in [3.63, 3.8) is 0 Å². The van der Waals surface area contributed by atoms with E-state index in [1.165, 1.54) is 0 Å². The molecule has 0 saturated carbocycles. The van der Waals surface area contributed by atoms with Crippen molar-refractivity contribution in [2.24, 2.45) is 5.92 Å². The van der Waals surface area contributed by atoms with E-state index in [2.05, 4.69) is 4.90 Å². The first-order valence-corrected chi connectivity index (χ1v) is 8.70. The molecule has 7 heteroatoms. The number of hydrogen-bond donors (Lipinski definition) is 2. The lowest BCUT2D eigenvalue weighted by Crippen LogP contribution is -2.50. The summed E-state index contributed by atoms with van der Waals surface area (Å²) in [4.78, 5) is 27.2. The molecule has 0 spiro atoms. The van der Waals surface area contributed by atoms with Gasteiger partial charge in [0, 0.05) is 24.6 Å². The number of esters is 2. The number of hydrogen-bond acceptors (Lipinski definition) is 7. The van der Waals surface area contributed by atoms with Crippen LogP contribution in [0.3, 0.4) is 0 Å². The molecule has 0 aliphatic carbocycles. The minimum absolute atomic E-state index is 0.0273. The monoisotopic (exact) mass is 351 g/mol. The molecule has 3 heterocycles. The second-order valence-corrected chi connectivity index (χ2v) is 7.03. The highest BCUT2D eigenvalue weighted by molar-refractivity contribution is 5.89. The average molecular weight is 351 g/mol. The highest BCUT2D eigenvalue weighted by Gasteiger charge is 2.46.